The Bertz CT molecular complexity index is 199. The van der Waals surface area contributed by atoms with Crippen LogP contribution in [0.4, 0.5) is 0 Å². The lowest BCUT2D eigenvalue weighted by Crippen LogP contribution is -2.20. The molecule has 0 amide bonds. The minimum atomic E-state index is -0.0688. The first-order chi connectivity index (χ1) is 7.79. The smallest absolute Gasteiger partial charge is 0.0577 e. The Kier molecular flexibility index (Phi) is 4.66. The zero-order valence-corrected chi connectivity index (χ0v) is 10.5. The Balaban J connectivity index is 1.65. The highest BCUT2D eigenvalue weighted by atomic mass is 16.5. The standard InChI is InChI=1S/C14H26O2/c1-2-11-5-6-12(10-11)14(15)8-7-13-4-3-9-16-13/h11-15H,2-10H2,1H3. The number of aliphatic hydroxyl groups is 1. The van der Waals surface area contributed by atoms with E-state index in [4.69, 9.17) is 4.74 Å². The Hall–Kier alpha value is -0.0800. The van der Waals surface area contributed by atoms with Gasteiger partial charge in [-0.15, -0.1) is 0 Å². The van der Waals surface area contributed by atoms with Crippen LogP contribution in [0.2, 0.25) is 0 Å². The predicted molar refractivity (Wildman–Crippen MR) is 65.3 cm³/mol. The van der Waals surface area contributed by atoms with Crippen molar-refractivity contribution in [2.45, 2.75) is 70.5 Å². The molecule has 1 N–H and O–H groups in total. The molecule has 2 rings (SSSR count). The quantitative estimate of drug-likeness (QED) is 0.780. The minimum Gasteiger partial charge on any atom is -0.393 e. The van der Waals surface area contributed by atoms with Crippen molar-refractivity contribution in [2.75, 3.05) is 6.61 Å². The highest BCUT2D eigenvalue weighted by Gasteiger charge is 2.29. The van der Waals surface area contributed by atoms with Gasteiger partial charge in [-0.1, -0.05) is 19.8 Å². The molecule has 2 fully saturated rings. The van der Waals surface area contributed by atoms with E-state index in [0.29, 0.717) is 12.0 Å². The summed E-state index contributed by atoms with van der Waals surface area (Å²) in [5.74, 6) is 1.45. The third-order valence-corrected chi connectivity index (χ3v) is 4.51. The molecule has 94 valence electrons. The molecule has 1 saturated heterocycles. The van der Waals surface area contributed by atoms with Gasteiger partial charge in [0.25, 0.3) is 0 Å². The van der Waals surface area contributed by atoms with Crippen molar-refractivity contribution in [2.24, 2.45) is 11.8 Å². The Morgan fingerprint density at radius 1 is 1.31 bits per heavy atom. The molecule has 0 spiro atoms. The van der Waals surface area contributed by atoms with Crippen LogP contribution < -0.4 is 0 Å². The van der Waals surface area contributed by atoms with Crippen molar-refractivity contribution < 1.29 is 9.84 Å². The van der Waals surface area contributed by atoms with E-state index in [2.05, 4.69) is 6.92 Å². The van der Waals surface area contributed by atoms with Crippen LogP contribution in [0.25, 0.3) is 0 Å². The third-order valence-electron chi connectivity index (χ3n) is 4.51. The Labute approximate surface area is 99.4 Å². The summed E-state index contributed by atoms with van der Waals surface area (Å²) in [6, 6.07) is 0. The molecule has 0 aromatic carbocycles. The fraction of sp³-hybridized carbons (Fsp3) is 1.00. The molecule has 16 heavy (non-hydrogen) atoms. The molecular formula is C14H26O2. The third kappa shape index (κ3) is 3.21. The van der Waals surface area contributed by atoms with Crippen molar-refractivity contribution in [1.82, 2.24) is 0 Å². The van der Waals surface area contributed by atoms with Gasteiger partial charge < -0.3 is 9.84 Å². The van der Waals surface area contributed by atoms with Crippen LogP contribution in [0.1, 0.15) is 58.3 Å². The molecule has 4 atom stereocenters. The monoisotopic (exact) mass is 226 g/mol. The SMILES string of the molecule is CCC1CCC(C(O)CCC2CCCO2)C1. The molecule has 1 heterocycles. The van der Waals surface area contributed by atoms with Crippen LogP contribution in [0.15, 0.2) is 0 Å². The molecule has 0 aromatic rings. The number of aliphatic hydroxyl groups excluding tert-OH is 1. The second kappa shape index (κ2) is 6.02. The van der Waals surface area contributed by atoms with Gasteiger partial charge in [0.15, 0.2) is 0 Å². The van der Waals surface area contributed by atoms with E-state index in [1.807, 2.05) is 0 Å². The van der Waals surface area contributed by atoms with E-state index in [0.717, 1.165) is 25.4 Å². The fourth-order valence-corrected chi connectivity index (χ4v) is 3.30. The molecular weight excluding hydrogens is 200 g/mol. The lowest BCUT2D eigenvalue weighted by atomic mass is 9.94. The molecule has 4 unspecified atom stereocenters. The van der Waals surface area contributed by atoms with E-state index >= 15 is 0 Å². The van der Waals surface area contributed by atoms with Gasteiger partial charge in [-0.3, -0.25) is 0 Å². The highest BCUT2D eigenvalue weighted by Crippen LogP contribution is 2.36. The van der Waals surface area contributed by atoms with Crippen molar-refractivity contribution in [3.8, 4) is 0 Å². The normalized spacial score (nSPS) is 36.8. The van der Waals surface area contributed by atoms with Gasteiger partial charge in [0.1, 0.15) is 0 Å². The summed E-state index contributed by atoms with van der Waals surface area (Å²) in [4.78, 5) is 0. The molecule has 0 radical (unpaired) electrons. The Morgan fingerprint density at radius 3 is 2.81 bits per heavy atom. The van der Waals surface area contributed by atoms with Crippen molar-refractivity contribution in [3.63, 3.8) is 0 Å². The van der Waals surface area contributed by atoms with Gasteiger partial charge in [0.2, 0.25) is 0 Å². The lowest BCUT2D eigenvalue weighted by Gasteiger charge is -2.19. The number of ether oxygens (including phenoxy) is 1. The second-order valence-corrected chi connectivity index (χ2v) is 5.63. The maximum Gasteiger partial charge on any atom is 0.0577 e. The first-order valence-corrected chi connectivity index (χ1v) is 7.09. The molecule has 1 aliphatic carbocycles. The summed E-state index contributed by atoms with van der Waals surface area (Å²) in [5.41, 5.74) is 0. The molecule has 1 saturated carbocycles. The molecule has 1 aliphatic heterocycles. The van der Waals surface area contributed by atoms with E-state index < -0.39 is 0 Å². The van der Waals surface area contributed by atoms with E-state index in [-0.39, 0.29) is 6.10 Å². The zero-order valence-electron chi connectivity index (χ0n) is 10.5. The maximum atomic E-state index is 10.2. The van der Waals surface area contributed by atoms with Crippen LogP contribution in [0.3, 0.4) is 0 Å². The van der Waals surface area contributed by atoms with Crippen molar-refractivity contribution >= 4 is 0 Å². The summed E-state index contributed by atoms with van der Waals surface area (Å²) in [5, 5.41) is 10.2. The minimum absolute atomic E-state index is 0.0688. The van der Waals surface area contributed by atoms with Crippen LogP contribution in [0, 0.1) is 11.8 Å². The maximum absolute atomic E-state index is 10.2. The van der Waals surface area contributed by atoms with Gasteiger partial charge >= 0.3 is 0 Å². The lowest BCUT2D eigenvalue weighted by molar-refractivity contribution is 0.0591. The van der Waals surface area contributed by atoms with E-state index in [1.54, 1.807) is 0 Å². The molecule has 2 nitrogen and oxygen atoms in total. The summed E-state index contributed by atoms with van der Waals surface area (Å²) in [6.45, 7) is 3.20. The second-order valence-electron chi connectivity index (χ2n) is 5.63. The van der Waals surface area contributed by atoms with Crippen LogP contribution in [-0.4, -0.2) is 23.9 Å². The van der Waals surface area contributed by atoms with Crippen molar-refractivity contribution in [1.29, 1.82) is 0 Å². The van der Waals surface area contributed by atoms with Crippen LogP contribution >= 0.6 is 0 Å². The summed E-state index contributed by atoms with van der Waals surface area (Å²) in [6.07, 6.45) is 9.91. The molecule has 0 aromatic heterocycles. The highest BCUT2D eigenvalue weighted by molar-refractivity contribution is 4.80. The number of rotatable bonds is 5. The first-order valence-electron chi connectivity index (χ1n) is 7.09. The topological polar surface area (TPSA) is 29.5 Å². The predicted octanol–water partition coefficient (Wildman–Crippen LogP) is 3.13. The summed E-state index contributed by atoms with van der Waals surface area (Å²) < 4.78 is 5.60. The number of hydrogen-bond acceptors (Lipinski definition) is 2. The molecule has 2 aliphatic rings. The number of hydrogen-bond donors (Lipinski definition) is 1. The van der Waals surface area contributed by atoms with Gasteiger partial charge in [-0.2, -0.15) is 0 Å². The average Bonchev–Trinajstić information content (AvgIpc) is 2.96. The average molecular weight is 226 g/mol. The Morgan fingerprint density at radius 2 is 2.19 bits per heavy atom. The summed E-state index contributed by atoms with van der Waals surface area (Å²) in [7, 11) is 0. The zero-order chi connectivity index (χ0) is 11.4. The van der Waals surface area contributed by atoms with Crippen LogP contribution in [-0.2, 0) is 4.74 Å². The van der Waals surface area contributed by atoms with E-state index in [9.17, 15) is 5.11 Å². The molecule has 0 bridgehead atoms. The van der Waals surface area contributed by atoms with Crippen LogP contribution in [0.5, 0.6) is 0 Å². The largest absolute Gasteiger partial charge is 0.393 e. The van der Waals surface area contributed by atoms with Crippen molar-refractivity contribution in [3.05, 3.63) is 0 Å². The van der Waals surface area contributed by atoms with Gasteiger partial charge in [-0.25, -0.2) is 0 Å². The summed E-state index contributed by atoms with van der Waals surface area (Å²) >= 11 is 0. The first kappa shape index (κ1) is 12.4. The van der Waals surface area contributed by atoms with Gasteiger partial charge in [0, 0.05) is 6.61 Å². The van der Waals surface area contributed by atoms with Gasteiger partial charge in [-0.05, 0) is 50.4 Å². The van der Waals surface area contributed by atoms with E-state index in [1.165, 1.54) is 38.5 Å². The fourth-order valence-electron chi connectivity index (χ4n) is 3.30. The molecule has 2 heteroatoms. The van der Waals surface area contributed by atoms with Gasteiger partial charge in [0.05, 0.1) is 12.2 Å².